The van der Waals surface area contributed by atoms with Crippen LogP contribution in [0.4, 0.5) is 0 Å². The number of rotatable bonds is 2. The van der Waals surface area contributed by atoms with Crippen molar-refractivity contribution in [3.63, 3.8) is 0 Å². The Hall–Kier alpha value is -0.380. The Morgan fingerprint density at radius 1 is 1.06 bits per heavy atom. The summed E-state index contributed by atoms with van der Waals surface area (Å²) in [4.78, 5) is 0. The molecular weight excluding hydrogens is 216 g/mol. The molecule has 3 heteroatoms. The summed E-state index contributed by atoms with van der Waals surface area (Å²) in [5.41, 5.74) is 0. The van der Waals surface area contributed by atoms with Crippen LogP contribution in [-0.4, -0.2) is 31.2 Å². The standard InChI is InChI=1S/C14H22O3/c1-2-4-12(5-3-1)17-13-6-8-14(9-7-13)15-10-11-16-14/h2,4,12-13H,1,3,5-11H2. The van der Waals surface area contributed by atoms with E-state index in [2.05, 4.69) is 12.2 Å². The molecule has 3 nitrogen and oxygen atoms in total. The minimum absolute atomic E-state index is 0.248. The van der Waals surface area contributed by atoms with E-state index >= 15 is 0 Å². The van der Waals surface area contributed by atoms with Crippen molar-refractivity contribution in [2.24, 2.45) is 0 Å². The predicted molar refractivity (Wildman–Crippen MR) is 64.8 cm³/mol. The summed E-state index contributed by atoms with van der Waals surface area (Å²) >= 11 is 0. The Kier molecular flexibility index (Phi) is 3.50. The fourth-order valence-electron chi connectivity index (χ4n) is 3.09. The second-order valence-corrected chi connectivity index (χ2v) is 5.34. The van der Waals surface area contributed by atoms with Crippen LogP contribution < -0.4 is 0 Å². The molecule has 0 N–H and O–H groups in total. The predicted octanol–water partition coefficient (Wildman–Crippen LogP) is 2.80. The van der Waals surface area contributed by atoms with Crippen LogP contribution in [0.3, 0.4) is 0 Å². The van der Waals surface area contributed by atoms with Crippen molar-refractivity contribution >= 4 is 0 Å². The minimum atomic E-state index is -0.248. The molecule has 0 aromatic heterocycles. The first-order chi connectivity index (χ1) is 8.36. The molecule has 1 saturated heterocycles. The van der Waals surface area contributed by atoms with Crippen LogP contribution in [0.5, 0.6) is 0 Å². The average molecular weight is 238 g/mol. The third kappa shape index (κ3) is 2.72. The zero-order chi connectivity index (χ0) is 11.6. The molecule has 2 aliphatic carbocycles. The van der Waals surface area contributed by atoms with Gasteiger partial charge in [-0.15, -0.1) is 0 Å². The summed E-state index contributed by atoms with van der Waals surface area (Å²) in [6.45, 7) is 1.52. The molecule has 0 aromatic carbocycles. The first-order valence-electron chi connectivity index (χ1n) is 6.96. The van der Waals surface area contributed by atoms with Gasteiger partial charge in [0, 0.05) is 12.8 Å². The van der Waals surface area contributed by atoms with Crippen molar-refractivity contribution in [2.75, 3.05) is 13.2 Å². The normalized spacial score (nSPS) is 33.3. The summed E-state index contributed by atoms with van der Waals surface area (Å²) in [6.07, 6.45) is 13.0. The van der Waals surface area contributed by atoms with Gasteiger partial charge in [0.2, 0.25) is 0 Å². The van der Waals surface area contributed by atoms with E-state index in [0.717, 1.165) is 38.9 Å². The Balaban J connectivity index is 1.48. The van der Waals surface area contributed by atoms with Gasteiger partial charge in [-0.1, -0.05) is 12.2 Å². The van der Waals surface area contributed by atoms with E-state index in [9.17, 15) is 0 Å². The second-order valence-electron chi connectivity index (χ2n) is 5.34. The van der Waals surface area contributed by atoms with Crippen molar-refractivity contribution < 1.29 is 14.2 Å². The third-order valence-corrected chi connectivity index (χ3v) is 4.09. The minimum Gasteiger partial charge on any atom is -0.371 e. The Morgan fingerprint density at radius 3 is 2.47 bits per heavy atom. The lowest BCUT2D eigenvalue weighted by molar-refractivity contribution is -0.194. The van der Waals surface area contributed by atoms with Crippen LogP contribution in [0.2, 0.25) is 0 Å². The zero-order valence-corrected chi connectivity index (χ0v) is 10.4. The molecule has 1 unspecified atom stereocenters. The van der Waals surface area contributed by atoms with Crippen LogP contribution in [0, 0.1) is 0 Å². The van der Waals surface area contributed by atoms with Gasteiger partial charge in [-0.2, -0.15) is 0 Å². The van der Waals surface area contributed by atoms with E-state index in [1.807, 2.05) is 0 Å². The first kappa shape index (κ1) is 11.7. The van der Waals surface area contributed by atoms with Crippen molar-refractivity contribution in [3.05, 3.63) is 12.2 Å². The molecule has 3 aliphatic rings. The average Bonchev–Trinajstić information content (AvgIpc) is 2.83. The molecule has 0 radical (unpaired) electrons. The monoisotopic (exact) mass is 238 g/mol. The van der Waals surface area contributed by atoms with Crippen molar-refractivity contribution in [2.45, 2.75) is 62.9 Å². The van der Waals surface area contributed by atoms with Gasteiger partial charge in [0.1, 0.15) is 0 Å². The molecule has 0 bridgehead atoms. The van der Waals surface area contributed by atoms with Crippen molar-refractivity contribution in [1.29, 1.82) is 0 Å². The maximum Gasteiger partial charge on any atom is 0.168 e. The maximum absolute atomic E-state index is 6.14. The number of hydrogen-bond acceptors (Lipinski definition) is 3. The summed E-state index contributed by atoms with van der Waals surface area (Å²) in [7, 11) is 0. The van der Waals surface area contributed by atoms with E-state index in [4.69, 9.17) is 14.2 Å². The van der Waals surface area contributed by atoms with Gasteiger partial charge in [0.25, 0.3) is 0 Å². The highest BCUT2D eigenvalue weighted by Gasteiger charge is 2.40. The molecule has 1 aliphatic heterocycles. The quantitative estimate of drug-likeness (QED) is 0.692. The summed E-state index contributed by atoms with van der Waals surface area (Å²) in [5, 5.41) is 0. The van der Waals surface area contributed by atoms with E-state index < -0.39 is 0 Å². The smallest absolute Gasteiger partial charge is 0.168 e. The van der Waals surface area contributed by atoms with Crippen LogP contribution in [-0.2, 0) is 14.2 Å². The Labute approximate surface area is 103 Å². The number of allylic oxidation sites excluding steroid dienone is 1. The van der Waals surface area contributed by atoms with E-state index in [0.29, 0.717) is 12.2 Å². The highest BCUT2D eigenvalue weighted by molar-refractivity contribution is 4.95. The van der Waals surface area contributed by atoms with Crippen molar-refractivity contribution in [3.8, 4) is 0 Å². The molecule has 3 rings (SSSR count). The largest absolute Gasteiger partial charge is 0.371 e. The fourth-order valence-corrected chi connectivity index (χ4v) is 3.09. The molecule has 2 fully saturated rings. The van der Waals surface area contributed by atoms with Crippen LogP contribution in [0.25, 0.3) is 0 Å². The lowest BCUT2D eigenvalue weighted by Gasteiger charge is -2.36. The third-order valence-electron chi connectivity index (χ3n) is 4.09. The summed E-state index contributed by atoms with van der Waals surface area (Å²) in [5.74, 6) is -0.248. The second kappa shape index (κ2) is 5.09. The SMILES string of the molecule is C1=CC(OC2CCC3(CC2)OCCO3)CCC1. The van der Waals surface area contributed by atoms with E-state index in [1.54, 1.807) is 0 Å². The van der Waals surface area contributed by atoms with Gasteiger partial charge < -0.3 is 14.2 Å². The molecule has 1 spiro atoms. The lowest BCUT2D eigenvalue weighted by atomic mass is 9.91. The molecule has 96 valence electrons. The van der Waals surface area contributed by atoms with Gasteiger partial charge >= 0.3 is 0 Å². The molecule has 17 heavy (non-hydrogen) atoms. The fraction of sp³-hybridized carbons (Fsp3) is 0.857. The zero-order valence-electron chi connectivity index (χ0n) is 10.4. The highest BCUT2D eigenvalue weighted by atomic mass is 16.7. The van der Waals surface area contributed by atoms with E-state index in [-0.39, 0.29) is 5.79 Å². The van der Waals surface area contributed by atoms with Crippen LogP contribution in [0.15, 0.2) is 12.2 Å². The first-order valence-corrected chi connectivity index (χ1v) is 6.96. The van der Waals surface area contributed by atoms with Gasteiger partial charge in [-0.3, -0.25) is 0 Å². The van der Waals surface area contributed by atoms with Crippen molar-refractivity contribution in [1.82, 2.24) is 0 Å². The Bertz CT molecular complexity index is 271. The maximum atomic E-state index is 6.14. The number of hydrogen-bond donors (Lipinski definition) is 0. The molecule has 1 saturated carbocycles. The van der Waals surface area contributed by atoms with Crippen LogP contribution in [0.1, 0.15) is 44.9 Å². The van der Waals surface area contributed by atoms with Gasteiger partial charge in [0.15, 0.2) is 5.79 Å². The number of ether oxygens (including phenoxy) is 3. The Morgan fingerprint density at radius 2 is 1.82 bits per heavy atom. The van der Waals surface area contributed by atoms with Gasteiger partial charge in [-0.25, -0.2) is 0 Å². The molecular formula is C14H22O3. The summed E-state index contributed by atoms with van der Waals surface area (Å²) in [6, 6.07) is 0. The molecule has 1 heterocycles. The molecule has 1 atom stereocenters. The highest BCUT2D eigenvalue weighted by Crippen LogP contribution is 2.37. The van der Waals surface area contributed by atoms with Gasteiger partial charge in [0.05, 0.1) is 25.4 Å². The van der Waals surface area contributed by atoms with E-state index in [1.165, 1.54) is 19.3 Å². The molecule has 0 aromatic rings. The molecule has 0 amide bonds. The van der Waals surface area contributed by atoms with Gasteiger partial charge in [-0.05, 0) is 32.1 Å². The lowest BCUT2D eigenvalue weighted by Crippen LogP contribution is -2.38. The van der Waals surface area contributed by atoms with Crippen LogP contribution >= 0.6 is 0 Å². The topological polar surface area (TPSA) is 27.7 Å². The summed E-state index contributed by atoms with van der Waals surface area (Å²) < 4.78 is 17.6.